The maximum atomic E-state index is 3.52. The van der Waals surface area contributed by atoms with Crippen LogP contribution < -0.4 is 0 Å². The van der Waals surface area contributed by atoms with Crippen molar-refractivity contribution in [3.63, 3.8) is 0 Å². The summed E-state index contributed by atoms with van der Waals surface area (Å²) in [5.41, 5.74) is 0.377. The molecule has 0 aromatic rings. The number of hydrogen-bond acceptors (Lipinski definition) is 0. The van der Waals surface area contributed by atoms with Crippen LogP contribution in [0.25, 0.3) is 0 Å². The molecule has 0 aromatic carbocycles. The Labute approximate surface area is 116 Å². The molecule has 0 fully saturated rings. The van der Waals surface area contributed by atoms with Gasteiger partial charge in [-0.1, -0.05) is 26.2 Å². The minimum Gasteiger partial charge on any atom is -0.504 e. The smallest absolute Gasteiger partial charge is 0 e. The third-order valence-corrected chi connectivity index (χ3v) is 0.655. The summed E-state index contributed by atoms with van der Waals surface area (Å²) in [6.07, 6.45) is 3.84. The first-order valence-corrected chi connectivity index (χ1v) is 2.56. The van der Waals surface area contributed by atoms with Crippen molar-refractivity contribution in [3.8, 4) is 0 Å². The Kier molecular flexibility index (Phi) is 24.8. The zero-order chi connectivity index (χ0) is 5.91. The van der Waals surface area contributed by atoms with Crippen molar-refractivity contribution in [2.45, 2.75) is 27.2 Å². The van der Waals surface area contributed by atoms with Crippen molar-refractivity contribution in [3.05, 3.63) is 20.1 Å². The van der Waals surface area contributed by atoms with Crippen LogP contribution in [0.4, 0.5) is 0 Å². The molecule has 0 spiro atoms. The molecule has 10 heavy (non-hydrogen) atoms. The maximum Gasteiger partial charge on any atom is 0 e. The SMILES string of the molecule is C=[C-]CC(C)(C)C.[CH3-].[Y].[Y]. The first-order chi connectivity index (χ1) is 3.06. The molecular weight excluding hydrogens is 274 g/mol. The molecule has 2 radical (unpaired) electrons. The standard InChI is InChI=1S/C7H13.CH3.2Y/c1-5-6-7(2,3)4;;;/h1,6H2,2-4H3;1H3;;/q2*-1;;. The summed E-state index contributed by atoms with van der Waals surface area (Å²) >= 11 is 0. The van der Waals surface area contributed by atoms with Crippen LogP contribution in [0.15, 0.2) is 6.58 Å². The molecule has 2 heteroatoms. The average molecular weight is 290 g/mol. The van der Waals surface area contributed by atoms with Gasteiger partial charge in [0.05, 0.1) is 0 Å². The van der Waals surface area contributed by atoms with Gasteiger partial charge < -0.3 is 13.5 Å². The molecule has 0 heterocycles. The zero-order valence-electron chi connectivity index (χ0n) is 7.57. The molecule has 0 N–H and O–H groups in total. The Balaban J connectivity index is -0.0000000600. The summed E-state index contributed by atoms with van der Waals surface area (Å²) in [6.45, 7) is 10.0. The fraction of sp³-hybridized carbons (Fsp3) is 0.625. The van der Waals surface area contributed by atoms with Gasteiger partial charge in [0.25, 0.3) is 0 Å². The molecule has 0 rings (SSSR count). The quantitative estimate of drug-likeness (QED) is 0.651. The van der Waals surface area contributed by atoms with E-state index < -0.39 is 0 Å². The second-order valence-corrected chi connectivity index (χ2v) is 2.99. The van der Waals surface area contributed by atoms with Crippen molar-refractivity contribution in [2.24, 2.45) is 5.41 Å². The van der Waals surface area contributed by atoms with Crippen LogP contribution in [0.5, 0.6) is 0 Å². The predicted molar refractivity (Wildman–Crippen MR) is 39.4 cm³/mol. The van der Waals surface area contributed by atoms with Gasteiger partial charge in [0.1, 0.15) is 0 Å². The van der Waals surface area contributed by atoms with E-state index in [1.54, 1.807) is 0 Å². The Hall–Kier alpha value is 1.95. The molecule has 0 bridgehead atoms. The largest absolute Gasteiger partial charge is 0.504 e. The summed E-state index contributed by atoms with van der Waals surface area (Å²) < 4.78 is 0. The fourth-order valence-corrected chi connectivity index (χ4v) is 0.375. The minimum absolute atomic E-state index is 0. The Bertz CT molecular complexity index is 62.1. The van der Waals surface area contributed by atoms with Crippen LogP contribution in [0, 0.1) is 18.9 Å². The molecule has 0 aliphatic rings. The van der Waals surface area contributed by atoms with Crippen LogP contribution in [-0.4, -0.2) is 0 Å². The molecule has 56 valence electrons. The second kappa shape index (κ2) is 10.9. The first-order valence-electron chi connectivity index (χ1n) is 2.56. The van der Waals surface area contributed by atoms with E-state index >= 15 is 0 Å². The summed E-state index contributed by atoms with van der Waals surface area (Å²) in [5.74, 6) is 0. The van der Waals surface area contributed by atoms with Crippen LogP contribution in [0.1, 0.15) is 27.2 Å². The molecule has 0 aliphatic heterocycles. The van der Waals surface area contributed by atoms with Crippen molar-refractivity contribution in [1.29, 1.82) is 0 Å². The molecule has 0 amide bonds. The van der Waals surface area contributed by atoms with Crippen LogP contribution in [0.3, 0.4) is 0 Å². The third kappa shape index (κ3) is 22.5. The summed E-state index contributed by atoms with van der Waals surface area (Å²) in [5, 5.41) is 0. The maximum absolute atomic E-state index is 3.52. The molecular formula is C8H16Y2-2. The van der Waals surface area contributed by atoms with Gasteiger partial charge in [0.2, 0.25) is 0 Å². The number of allylic oxidation sites excluding steroid dienone is 1. The summed E-state index contributed by atoms with van der Waals surface area (Å²) in [4.78, 5) is 0. The van der Waals surface area contributed by atoms with E-state index in [0.717, 1.165) is 6.42 Å². The van der Waals surface area contributed by atoms with Crippen LogP contribution in [-0.2, 0) is 65.4 Å². The van der Waals surface area contributed by atoms with Crippen LogP contribution in [0.2, 0.25) is 0 Å². The zero-order valence-corrected chi connectivity index (χ0v) is 13.2. The van der Waals surface area contributed by atoms with Gasteiger partial charge in [-0.15, -0.1) is 0 Å². The van der Waals surface area contributed by atoms with Gasteiger partial charge in [0, 0.05) is 65.4 Å². The topological polar surface area (TPSA) is 0 Å². The van der Waals surface area contributed by atoms with E-state index in [1.165, 1.54) is 0 Å². The minimum atomic E-state index is 0. The normalized spacial score (nSPS) is 7.90. The molecule has 0 saturated carbocycles. The summed E-state index contributed by atoms with van der Waals surface area (Å²) in [7, 11) is 0. The van der Waals surface area contributed by atoms with E-state index in [0.29, 0.717) is 5.41 Å². The van der Waals surface area contributed by atoms with Crippen molar-refractivity contribution < 1.29 is 65.4 Å². The van der Waals surface area contributed by atoms with E-state index in [2.05, 4.69) is 33.4 Å². The van der Waals surface area contributed by atoms with Gasteiger partial charge in [-0.3, -0.25) is 6.58 Å². The first kappa shape index (κ1) is 22.7. The monoisotopic (exact) mass is 290 g/mol. The van der Waals surface area contributed by atoms with Crippen molar-refractivity contribution in [2.75, 3.05) is 0 Å². The number of hydrogen-bond donors (Lipinski definition) is 0. The molecule has 0 atom stereocenters. The van der Waals surface area contributed by atoms with Crippen LogP contribution >= 0.6 is 0 Å². The Morgan fingerprint density at radius 3 is 1.50 bits per heavy atom. The molecule has 0 aromatic heterocycles. The molecule has 0 unspecified atom stereocenters. The average Bonchev–Trinajstić information content (AvgIpc) is 1.30. The van der Waals surface area contributed by atoms with Gasteiger partial charge in [-0.2, -0.15) is 6.42 Å². The Morgan fingerprint density at radius 1 is 1.20 bits per heavy atom. The van der Waals surface area contributed by atoms with E-state index in [4.69, 9.17) is 0 Å². The Morgan fingerprint density at radius 2 is 1.50 bits per heavy atom. The van der Waals surface area contributed by atoms with Gasteiger partial charge >= 0.3 is 0 Å². The number of rotatable bonds is 1. The summed E-state index contributed by atoms with van der Waals surface area (Å²) in [6, 6.07) is 0. The van der Waals surface area contributed by atoms with E-state index in [1.807, 2.05) is 0 Å². The molecule has 0 aliphatic carbocycles. The van der Waals surface area contributed by atoms with E-state index in [-0.39, 0.29) is 72.8 Å². The van der Waals surface area contributed by atoms with E-state index in [9.17, 15) is 0 Å². The van der Waals surface area contributed by atoms with Gasteiger partial charge in [-0.05, 0) is 0 Å². The molecule has 0 saturated heterocycles. The molecule has 0 nitrogen and oxygen atoms in total. The predicted octanol–water partition coefficient (Wildman–Crippen LogP) is 2.86. The van der Waals surface area contributed by atoms with Gasteiger partial charge in [-0.25, -0.2) is 0 Å². The second-order valence-electron chi connectivity index (χ2n) is 2.99. The van der Waals surface area contributed by atoms with Crippen molar-refractivity contribution in [1.82, 2.24) is 0 Å². The third-order valence-electron chi connectivity index (χ3n) is 0.655. The van der Waals surface area contributed by atoms with Gasteiger partial charge in [0.15, 0.2) is 0 Å². The fourth-order valence-electron chi connectivity index (χ4n) is 0.375. The van der Waals surface area contributed by atoms with Crippen molar-refractivity contribution >= 4 is 0 Å².